The van der Waals surface area contributed by atoms with E-state index in [1.807, 2.05) is 19.1 Å². The molecule has 1 aromatic rings. The van der Waals surface area contributed by atoms with Crippen LogP contribution < -0.4 is 11.1 Å². The van der Waals surface area contributed by atoms with Crippen molar-refractivity contribution in [3.63, 3.8) is 0 Å². The molecule has 1 aliphatic rings. The van der Waals surface area contributed by atoms with Crippen LogP contribution in [-0.4, -0.2) is 27.4 Å². The molecule has 0 aromatic heterocycles. The smallest absolute Gasteiger partial charge is 0.236 e. The summed E-state index contributed by atoms with van der Waals surface area (Å²) < 4.78 is -0.284. The van der Waals surface area contributed by atoms with E-state index in [1.54, 1.807) is 23.9 Å². The van der Waals surface area contributed by atoms with Crippen LogP contribution >= 0.6 is 11.8 Å². The summed E-state index contributed by atoms with van der Waals surface area (Å²) in [7, 11) is 0. The van der Waals surface area contributed by atoms with Gasteiger partial charge in [-0.25, -0.2) is 0 Å². The van der Waals surface area contributed by atoms with Crippen molar-refractivity contribution < 1.29 is 10.0 Å². The SMILES string of the molecule is CC1(C(=O)NCc2ccc(/C(N)=N/O)cc2)CCCS1. The Hall–Kier alpha value is -1.69. The molecule has 1 amide bonds. The van der Waals surface area contributed by atoms with Crippen molar-refractivity contribution in [2.75, 3.05) is 5.75 Å². The Kier molecular flexibility index (Phi) is 4.54. The molecule has 1 aliphatic heterocycles. The largest absolute Gasteiger partial charge is 0.409 e. The summed E-state index contributed by atoms with van der Waals surface area (Å²) in [6.07, 6.45) is 2.04. The van der Waals surface area contributed by atoms with Gasteiger partial charge >= 0.3 is 0 Å². The lowest BCUT2D eigenvalue weighted by Gasteiger charge is -2.21. The number of thioether (sulfide) groups is 1. The maximum Gasteiger partial charge on any atom is 0.236 e. The summed E-state index contributed by atoms with van der Waals surface area (Å²) in [5.74, 6) is 1.23. The van der Waals surface area contributed by atoms with Crippen LogP contribution in [0.25, 0.3) is 0 Å². The number of benzene rings is 1. The molecule has 1 unspecified atom stereocenters. The van der Waals surface area contributed by atoms with Gasteiger partial charge in [0.1, 0.15) is 0 Å². The van der Waals surface area contributed by atoms with E-state index in [1.165, 1.54) is 0 Å². The van der Waals surface area contributed by atoms with Gasteiger partial charge in [0.05, 0.1) is 4.75 Å². The van der Waals surface area contributed by atoms with Gasteiger partial charge < -0.3 is 16.3 Å². The van der Waals surface area contributed by atoms with Crippen LogP contribution in [0.15, 0.2) is 29.4 Å². The highest BCUT2D eigenvalue weighted by atomic mass is 32.2. The first kappa shape index (κ1) is 14.7. The predicted octanol–water partition coefficient (Wildman–Crippen LogP) is 1.68. The molecule has 0 bridgehead atoms. The molecule has 1 heterocycles. The van der Waals surface area contributed by atoms with Gasteiger partial charge in [-0.3, -0.25) is 4.79 Å². The molecule has 1 aromatic carbocycles. The summed E-state index contributed by atoms with van der Waals surface area (Å²) in [6, 6.07) is 7.25. The van der Waals surface area contributed by atoms with E-state index in [0.717, 1.165) is 24.2 Å². The fourth-order valence-corrected chi connectivity index (χ4v) is 3.41. The summed E-state index contributed by atoms with van der Waals surface area (Å²) in [5, 5.41) is 14.5. The molecular formula is C14H19N3O2S. The molecular weight excluding hydrogens is 274 g/mol. The average molecular weight is 293 g/mol. The third kappa shape index (κ3) is 3.25. The monoisotopic (exact) mass is 293 g/mol. The molecule has 5 nitrogen and oxygen atoms in total. The highest BCUT2D eigenvalue weighted by Crippen LogP contribution is 2.37. The Balaban J connectivity index is 1.92. The summed E-state index contributed by atoms with van der Waals surface area (Å²) in [4.78, 5) is 12.2. The zero-order chi connectivity index (χ0) is 14.6. The van der Waals surface area contributed by atoms with Crippen LogP contribution in [0, 0.1) is 0 Å². The van der Waals surface area contributed by atoms with Crippen molar-refractivity contribution in [2.45, 2.75) is 31.1 Å². The minimum atomic E-state index is -0.284. The lowest BCUT2D eigenvalue weighted by Crippen LogP contribution is -2.39. The maximum absolute atomic E-state index is 12.2. The first-order valence-corrected chi connectivity index (χ1v) is 7.53. The number of oxime groups is 1. The highest BCUT2D eigenvalue weighted by molar-refractivity contribution is 8.01. The molecule has 108 valence electrons. The number of nitrogens with zero attached hydrogens (tertiary/aromatic N) is 1. The Morgan fingerprint density at radius 2 is 2.20 bits per heavy atom. The van der Waals surface area contributed by atoms with Gasteiger partial charge in [-0.1, -0.05) is 29.4 Å². The molecule has 4 N–H and O–H groups in total. The third-order valence-electron chi connectivity index (χ3n) is 3.51. The van der Waals surface area contributed by atoms with Crippen LogP contribution in [0.5, 0.6) is 0 Å². The Morgan fingerprint density at radius 1 is 1.50 bits per heavy atom. The van der Waals surface area contributed by atoms with Gasteiger partial charge in [0, 0.05) is 12.1 Å². The normalized spacial score (nSPS) is 22.8. The Bertz CT molecular complexity index is 508. The average Bonchev–Trinajstić information content (AvgIpc) is 2.92. The third-order valence-corrected chi connectivity index (χ3v) is 5.03. The Labute approximate surface area is 122 Å². The van der Waals surface area contributed by atoms with E-state index in [4.69, 9.17) is 10.9 Å². The van der Waals surface area contributed by atoms with E-state index in [9.17, 15) is 4.79 Å². The van der Waals surface area contributed by atoms with Crippen molar-refractivity contribution in [3.8, 4) is 0 Å². The molecule has 20 heavy (non-hydrogen) atoms. The molecule has 0 saturated carbocycles. The number of amidine groups is 1. The number of hydrogen-bond acceptors (Lipinski definition) is 4. The highest BCUT2D eigenvalue weighted by Gasteiger charge is 2.36. The van der Waals surface area contributed by atoms with Crippen LogP contribution in [0.3, 0.4) is 0 Å². The number of amides is 1. The maximum atomic E-state index is 12.2. The van der Waals surface area contributed by atoms with Crippen LogP contribution in [-0.2, 0) is 11.3 Å². The summed E-state index contributed by atoms with van der Waals surface area (Å²) in [6.45, 7) is 2.49. The number of nitrogens with one attached hydrogen (secondary N) is 1. The molecule has 1 atom stereocenters. The Morgan fingerprint density at radius 3 is 2.75 bits per heavy atom. The fraction of sp³-hybridized carbons (Fsp3) is 0.429. The number of hydrogen-bond donors (Lipinski definition) is 3. The summed E-state index contributed by atoms with van der Waals surface area (Å²) >= 11 is 1.73. The molecule has 6 heteroatoms. The second kappa shape index (κ2) is 6.17. The molecule has 1 fully saturated rings. The predicted molar refractivity (Wildman–Crippen MR) is 80.9 cm³/mol. The van der Waals surface area contributed by atoms with Crippen molar-refractivity contribution in [2.24, 2.45) is 10.9 Å². The van der Waals surface area contributed by atoms with E-state index < -0.39 is 0 Å². The van der Waals surface area contributed by atoms with Gasteiger partial charge in [-0.15, -0.1) is 11.8 Å². The number of carbonyl (C=O) groups excluding carboxylic acids is 1. The standard InChI is InChI=1S/C14H19N3O2S/c1-14(7-2-8-20-14)13(18)16-9-10-3-5-11(6-4-10)12(15)17-19/h3-6,19H,2,7-9H2,1H3,(H2,15,17)(H,16,18). The van der Waals surface area contributed by atoms with Crippen molar-refractivity contribution >= 4 is 23.5 Å². The zero-order valence-corrected chi connectivity index (χ0v) is 12.2. The van der Waals surface area contributed by atoms with Crippen molar-refractivity contribution in [1.29, 1.82) is 0 Å². The van der Waals surface area contributed by atoms with Gasteiger partial charge in [-0.05, 0) is 31.1 Å². The molecule has 2 rings (SSSR count). The minimum Gasteiger partial charge on any atom is -0.409 e. The molecule has 0 radical (unpaired) electrons. The van der Waals surface area contributed by atoms with Gasteiger partial charge in [0.2, 0.25) is 5.91 Å². The first-order chi connectivity index (χ1) is 9.55. The quantitative estimate of drug-likeness (QED) is 0.341. The number of nitrogens with two attached hydrogens (primary N) is 1. The van der Waals surface area contributed by atoms with Gasteiger partial charge in [0.25, 0.3) is 0 Å². The van der Waals surface area contributed by atoms with Crippen molar-refractivity contribution in [3.05, 3.63) is 35.4 Å². The van der Waals surface area contributed by atoms with Crippen LogP contribution in [0.1, 0.15) is 30.9 Å². The zero-order valence-electron chi connectivity index (χ0n) is 11.4. The molecule has 0 spiro atoms. The van der Waals surface area contributed by atoms with E-state index in [-0.39, 0.29) is 16.5 Å². The second-order valence-corrected chi connectivity index (χ2v) is 6.65. The second-order valence-electron chi connectivity index (χ2n) is 5.05. The van der Waals surface area contributed by atoms with Gasteiger partial charge in [-0.2, -0.15) is 0 Å². The molecule has 0 aliphatic carbocycles. The summed E-state index contributed by atoms with van der Waals surface area (Å²) in [5.41, 5.74) is 7.13. The number of rotatable bonds is 4. The minimum absolute atomic E-state index is 0.0791. The van der Waals surface area contributed by atoms with E-state index in [2.05, 4.69) is 10.5 Å². The van der Waals surface area contributed by atoms with E-state index >= 15 is 0 Å². The topological polar surface area (TPSA) is 87.7 Å². The van der Waals surface area contributed by atoms with Crippen LogP contribution in [0.2, 0.25) is 0 Å². The first-order valence-electron chi connectivity index (χ1n) is 6.54. The van der Waals surface area contributed by atoms with Gasteiger partial charge in [0.15, 0.2) is 5.84 Å². The lowest BCUT2D eigenvalue weighted by molar-refractivity contribution is -0.123. The van der Waals surface area contributed by atoms with Crippen LogP contribution in [0.4, 0.5) is 0 Å². The fourth-order valence-electron chi connectivity index (χ4n) is 2.18. The van der Waals surface area contributed by atoms with E-state index in [0.29, 0.717) is 12.1 Å². The van der Waals surface area contributed by atoms with Crippen molar-refractivity contribution in [1.82, 2.24) is 5.32 Å². The lowest BCUT2D eigenvalue weighted by atomic mass is 10.0. The molecule has 1 saturated heterocycles. The number of carbonyl (C=O) groups is 1.